The molecule has 4 heteroatoms. The third kappa shape index (κ3) is 1.82. The predicted octanol–water partition coefficient (Wildman–Crippen LogP) is 3.95. The van der Waals surface area contributed by atoms with Gasteiger partial charge in [0.15, 0.2) is 0 Å². The van der Waals surface area contributed by atoms with Crippen molar-refractivity contribution in [3.05, 3.63) is 35.4 Å². The van der Waals surface area contributed by atoms with Crippen molar-refractivity contribution < 1.29 is 0 Å². The zero-order valence-corrected chi connectivity index (χ0v) is 10.5. The van der Waals surface area contributed by atoms with E-state index in [1.807, 2.05) is 36.3 Å². The highest BCUT2D eigenvalue weighted by Crippen LogP contribution is 2.37. The lowest BCUT2D eigenvalue weighted by Crippen LogP contribution is -2.06. The van der Waals surface area contributed by atoms with E-state index in [1.54, 1.807) is 0 Å². The Kier molecular flexibility index (Phi) is 2.82. The van der Waals surface area contributed by atoms with Gasteiger partial charge in [0, 0.05) is 11.2 Å². The Morgan fingerprint density at radius 2 is 2.38 bits per heavy atom. The van der Waals surface area contributed by atoms with Crippen LogP contribution in [0.2, 0.25) is 5.02 Å². The lowest BCUT2D eigenvalue weighted by Gasteiger charge is -2.20. The molecule has 2 aromatic heterocycles. The van der Waals surface area contributed by atoms with E-state index in [2.05, 4.69) is 9.38 Å². The standard InChI is InChI=1S/C12H13ClN2S/c13-9-4-5-15-10(7-9)8-14-12(15)11-3-1-2-6-16-11/h4-5,7-8,11H,1-3,6H2. The van der Waals surface area contributed by atoms with Crippen LogP contribution in [0.3, 0.4) is 0 Å². The van der Waals surface area contributed by atoms with Gasteiger partial charge in [-0.2, -0.15) is 11.8 Å². The Balaban J connectivity index is 2.03. The SMILES string of the molecule is Clc1ccn2c(C3CCCCS3)ncc2c1. The molecule has 0 N–H and O–H groups in total. The van der Waals surface area contributed by atoms with Gasteiger partial charge in [-0.1, -0.05) is 18.0 Å². The molecule has 1 fully saturated rings. The van der Waals surface area contributed by atoms with Gasteiger partial charge in [-0.15, -0.1) is 0 Å². The van der Waals surface area contributed by atoms with Crippen molar-refractivity contribution in [3.8, 4) is 0 Å². The fourth-order valence-electron chi connectivity index (χ4n) is 2.18. The summed E-state index contributed by atoms with van der Waals surface area (Å²) >= 11 is 7.99. The molecule has 0 aromatic carbocycles. The van der Waals surface area contributed by atoms with Crippen LogP contribution in [-0.4, -0.2) is 15.1 Å². The molecular weight excluding hydrogens is 240 g/mol. The molecule has 16 heavy (non-hydrogen) atoms. The van der Waals surface area contributed by atoms with E-state index >= 15 is 0 Å². The van der Waals surface area contributed by atoms with Crippen molar-refractivity contribution in [2.45, 2.75) is 24.5 Å². The van der Waals surface area contributed by atoms with Gasteiger partial charge in [-0.25, -0.2) is 4.98 Å². The summed E-state index contributed by atoms with van der Waals surface area (Å²) < 4.78 is 2.16. The number of nitrogens with zero attached hydrogens (tertiary/aromatic N) is 2. The molecule has 3 rings (SSSR count). The number of hydrogen-bond acceptors (Lipinski definition) is 2. The highest BCUT2D eigenvalue weighted by Gasteiger charge is 2.20. The van der Waals surface area contributed by atoms with E-state index in [0.29, 0.717) is 5.25 Å². The normalized spacial score (nSPS) is 21.4. The summed E-state index contributed by atoms with van der Waals surface area (Å²) in [6, 6.07) is 3.89. The van der Waals surface area contributed by atoms with Gasteiger partial charge < -0.3 is 4.40 Å². The van der Waals surface area contributed by atoms with Crippen LogP contribution < -0.4 is 0 Å². The van der Waals surface area contributed by atoms with Crippen LogP contribution in [0, 0.1) is 0 Å². The van der Waals surface area contributed by atoms with Gasteiger partial charge in [0.2, 0.25) is 0 Å². The van der Waals surface area contributed by atoms with Crippen LogP contribution in [0.1, 0.15) is 30.3 Å². The number of imidazole rings is 1. The maximum Gasteiger partial charge on any atom is 0.126 e. The van der Waals surface area contributed by atoms with Gasteiger partial charge in [0.25, 0.3) is 0 Å². The predicted molar refractivity (Wildman–Crippen MR) is 69.3 cm³/mol. The summed E-state index contributed by atoms with van der Waals surface area (Å²) in [5.74, 6) is 2.43. The number of aromatic nitrogens is 2. The van der Waals surface area contributed by atoms with Gasteiger partial charge in [0.05, 0.1) is 17.0 Å². The van der Waals surface area contributed by atoms with Crippen molar-refractivity contribution in [1.82, 2.24) is 9.38 Å². The number of hydrogen-bond donors (Lipinski definition) is 0. The summed E-state index contributed by atoms with van der Waals surface area (Å²) in [6.45, 7) is 0. The summed E-state index contributed by atoms with van der Waals surface area (Å²) in [5.41, 5.74) is 1.09. The molecule has 0 aliphatic carbocycles. The number of fused-ring (bicyclic) bond motifs is 1. The van der Waals surface area contributed by atoms with Crippen LogP contribution in [0.4, 0.5) is 0 Å². The third-order valence-corrected chi connectivity index (χ3v) is 4.60. The zero-order valence-electron chi connectivity index (χ0n) is 8.90. The molecule has 1 aliphatic rings. The molecule has 0 saturated carbocycles. The molecule has 0 amide bonds. The molecule has 2 nitrogen and oxygen atoms in total. The molecule has 3 heterocycles. The summed E-state index contributed by atoms with van der Waals surface area (Å²) in [4.78, 5) is 4.54. The lowest BCUT2D eigenvalue weighted by molar-refractivity contribution is 0.660. The first kappa shape index (κ1) is 10.5. The van der Waals surface area contributed by atoms with Crippen LogP contribution in [0.15, 0.2) is 24.5 Å². The first-order valence-corrected chi connectivity index (χ1v) is 7.01. The lowest BCUT2D eigenvalue weighted by atomic mass is 10.2. The van der Waals surface area contributed by atoms with E-state index in [9.17, 15) is 0 Å². The maximum absolute atomic E-state index is 5.97. The fourth-order valence-corrected chi connectivity index (χ4v) is 3.66. The molecular formula is C12H13ClN2S. The van der Waals surface area contributed by atoms with Crippen molar-refractivity contribution in [2.24, 2.45) is 0 Å². The first-order valence-electron chi connectivity index (χ1n) is 5.59. The van der Waals surface area contributed by atoms with E-state index < -0.39 is 0 Å². The average Bonchev–Trinajstić information content (AvgIpc) is 2.73. The van der Waals surface area contributed by atoms with E-state index in [4.69, 9.17) is 11.6 Å². The molecule has 0 radical (unpaired) electrons. The van der Waals surface area contributed by atoms with Gasteiger partial charge in [0.1, 0.15) is 5.82 Å². The van der Waals surface area contributed by atoms with E-state index in [1.165, 1.54) is 30.8 Å². The molecule has 1 unspecified atom stereocenters. The monoisotopic (exact) mass is 252 g/mol. The van der Waals surface area contributed by atoms with Gasteiger partial charge in [-0.3, -0.25) is 0 Å². The Bertz CT molecular complexity index is 503. The third-order valence-electron chi connectivity index (χ3n) is 2.99. The molecule has 1 saturated heterocycles. The van der Waals surface area contributed by atoms with Crippen LogP contribution >= 0.6 is 23.4 Å². The highest BCUT2D eigenvalue weighted by atomic mass is 35.5. The maximum atomic E-state index is 5.97. The molecule has 0 spiro atoms. The van der Waals surface area contributed by atoms with Gasteiger partial charge in [-0.05, 0) is 30.7 Å². The van der Waals surface area contributed by atoms with Crippen molar-refractivity contribution >= 4 is 28.9 Å². The Hall–Kier alpha value is -0.670. The van der Waals surface area contributed by atoms with Crippen molar-refractivity contribution in [1.29, 1.82) is 0 Å². The number of rotatable bonds is 1. The summed E-state index contributed by atoms with van der Waals surface area (Å²) in [5, 5.41) is 1.33. The summed E-state index contributed by atoms with van der Waals surface area (Å²) in [6.07, 6.45) is 7.84. The minimum atomic E-state index is 0.553. The Morgan fingerprint density at radius 1 is 1.44 bits per heavy atom. The van der Waals surface area contributed by atoms with E-state index in [-0.39, 0.29) is 0 Å². The molecule has 1 aliphatic heterocycles. The quantitative estimate of drug-likeness (QED) is 0.765. The van der Waals surface area contributed by atoms with Crippen LogP contribution in [0.25, 0.3) is 5.52 Å². The average molecular weight is 253 g/mol. The number of halogens is 1. The van der Waals surface area contributed by atoms with Crippen LogP contribution in [0.5, 0.6) is 0 Å². The van der Waals surface area contributed by atoms with Gasteiger partial charge >= 0.3 is 0 Å². The minimum absolute atomic E-state index is 0.553. The smallest absolute Gasteiger partial charge is 0.126 e. The minimum Gasteiger partial charge on any atom is -0.303 e. The Morgan fingerprint density at radius 3 is 3.19 bits per heavy atom. The second-order valence-electron chi connectivity index (χ2n) is 4.11. The summed E-state index contributed by atoms with van der Waals surface area (Å²) in [7, 11) is 0. The first-order chi connectivity index (χ1) is 7.84. The number of thioether (sulfide) groups is 1. The fraction of sp³-hybridized carbons (Fsp3) is 0.417. The largest absolute Gasteiger partial charge is 0.303 e. The molecule has 84 valence electrons. The van der Waals surface area contributed by atoms with E-state index in [0.717, 1.165) is 10.5 Å². The van der Waals surface area contributed by atoms with Crippen molar-refractivity contribution in [3.63, 3.8) is 0 Å². The number of pyridine rings is 1. The Labute approximate surface area is 104 Å². The topological polar surface area (TPSA) is 17.3 Å². The van der Waals surface area contributed by atoms with Crippen LogP contribution in [-0.2, 0) is 0 Å². The molecule has 0 bridgehead atoms. The second-order valence-corrected chi connectivity index (χ2v) is 5.86. The molecule has 1 atom stereocenters. The van der Waals surface area contributed by atoms with Crippen molar-refractivity contribution in [2.75, 3.05) is 5.75 Å². The second kappa shape index (κ2) is 4.30. The highest BCUT2D eigenvalue weighted by molar-refractivity contribution is 7.99. The zero-order chi connectivity index (χ0) is 11.0. The molecule has 2 aromatic rings.